The fourth-order valence-corrected chi connectivity index (χ4v) is 3.82. The summed E-state index contributed by atoms with van der Waals surface area (Å²) in [7, 11) is 0. The number of nitrogens with zero attached hydrogens (tertiary/aromatic N) is 3. The molecule has 0 spiro atoms. The number of amides is 2. The zero-order valence-corrected chi connectivity index (χ0v) is 19.6. The molecule has 33 heavy (non-hydrogen) atoms. The van der Waals surface area contributed by atoms with Gasteiger partial charge in [-0.2, -0.15) is 0 Å². The van der Waals surface area contributed by atoms with Gasteiger partial charge in [-0.1, -0.05) is 23.4 Å². The van der Waals surface area contributed by atoms with Crippen LogP contribution < -0.4 is 10.2 Å². The molecular weight excluding hydrogens is 418 g/mol. The van der Waals surface area contributed by atoms with Crippen LogP contribution in [0, 0.1) is 0 Å². The Labute approximate surface area is 193 Å². The molecule has 3 aromatic rings. The van der Waals surface area contributed by atoms with Gasteiger partial charge < -0.3 is 14.7 Å². The molecule has 0 unspecified atom stereocenters. The average Bonchev–Trinajstić information content (AvgIpc) is 3.23. The van der Waals surface area contributed by atoms with E-state index in [1.54, 1.807) is 23.2 Å². The highest BCUT2D eigenvalue weighted by Gasteiger charge is 2.44. The molecule has 0 bridgehead atoms. The first-order valence-electron chi connectivity index (χ1n) is 11.0. The maximum Gasteiger partial charge on any atom is 0.257 e. The summed E-state index contributed by atoms with van der Waals surface area (Å²) in [5, 5.41) is 6.81. The van der Waals surface area contributed by atoms with Gasteiger partial charge in [-0.05, 0) is 64.4 Å². The van der Waals surface area contributed by atoms with Crippen LogP contribution in [0.3, 0.4) is 0 Å². The lowest BCUT2D eigenvalue weighted by Gasteiger charge is -2.19. The monoisotopic (exact) mass is 447 g/mol. The maximum atomic E-state index is 13.1. The highest BCUT2D eigenvalue weighted by molar-refractivity contribution is 6.10. The molecule has 0 radical (unpaired) electrons. The van der Waals surface area contributed by atoms with Crippen molar-refractivity contribution in [3.05, 3.63) is 53.6 Å². The third-order valence-electron chi connectivity index (χ3n) is 5.49. The zero-order chi connectivity index (χ0) is 23.8. The SMILES string of the molecule is CC(C)(C)O/N=C/CCN1C(=O)C(C)(C)c2cc3nc(NC(=O)c4ccccc4)[nH]c3cc21. The number of aromatic nitrogens is 2. The highest BCUT2D eigenvalue weighted by Crippen LogP contribution is 2.43. The van der Waals surface area contributed by atoms with E-state index in [-0.39, 0.29) is 17.4 Å². The summed E-state index contributed by atoms with van der Waals surface area (Å²) >= 11 is 0. The summed E-state index contributed by atoms with van der Waals surface area (Å²) in [6, 6.07) is 12.8. The standard InChI is InChI=1S/C25H29N5O3/c1-24(2,3)33-26-12-9-13-30-20-15-19-18(14-17(20)25(4,5)22(30)32)27-23(28-19)29-21(31)16-10-7-6-8-11-16/h6-8,10-12,14-15H,9,13H2,1-5H3,(H2,27,28,29,31)/b26-12+. The quantitative estimate of drug-likeness (QED) is 0.425. The maximum absolute atomic E-state index is 13.1. The lowest BCUT2D eigenvalue weighted by molar-refractivity contribution is -0.122. The highest BCUT2D eigenvalue weighted by atomic mass is 16.6. The van der Waals surface area contributed by atoms with E-state index in [1.165, 1.54) is 0 Å². The Morgan fingerprint density at radius 1 is 1.24 bits per heavy atom. The van der Waals surface area contributed by atoms with E-state index in [0.717, 1.165) is 16.8 Å². The Hall–Kier alpha value is -3.68. The van der Waals surface area contributed by atoms with E-state index >= 15 is 0 Å². The van der Waals surface area contributed by atoms with Crippen molar-refractivity contribution in [3.63, 3.8) is 0 Å². The molecule has 2 amide bonds. The largest absolute Gasteiger partial charge is 0.390 e. The van der Waals surface area contributed by atoms with Gasteiger partial charge in [-0.15, -0.1) is 0 Å². The minimum absolute atomic E-state index is 0.0351. The van der Waals surface area contributed by atoms with E-state index in [9.17, 15) is 9.59 Å². The molecule has 1 aromatic heterocycles. The molecule has 0 saturated heterocycles. The minimum atomic E-state index is -0.672. The third kappa shape index (κ3) is 4.60. The van der Waals surface area contributed by atoms with Crippen molar-refractivity contribution in [2.24, 2.45) is 5.16 Å². The van der Waals surface area contributed by atoms with E-state index < -0.39 is 5.41 Å². The summed E-state index contributed by atoms with van der Waals surface area (Å²) in [5.41, 5.74) is 2.72. The zero-order valence-electron chi connectivity index (χ0n) is 19.6. The van der Waals surface area contributed by atoms with Gasteiger partial charge in [0.05, 0.1) is 22.1 Å². The molecule has 2 heterocycles. The molecule has 0 saturated carbocycles. The summed E-state index contributed by atoms with van der Waals surface area (Å²) in [4.78, 5) is 40.4. The number of hydrogen-bond acceptors (Lipinski definition) is 5. The molecule has 2 N–H and O–H groups in total. The Bertz CT molecular complexity index is 1220. The van der Waals surface area contributed by atoms with Crippen molar-refractivity contribution in [3.8, 4) is 0 Å². The van der Waals surface area contributed by atoms with Crippen LogP contribution in [0.1, 0.15) is 57.0 Å². The Morgan fingerprint density at radius 2 is 1.97 bits per heavy atom. The van der Waals surface area contributed by atoms with Crippen LogP contribution >= 0.6 is 0 Å². The van der Waals surface area contributed by atoms with Crippen LogP contribution in [0.4, 0.5) is 11.6 Å². The number of oxime groups is 1. The number of carbonyl (C=O) groups excluding carboxylic acids is 2. The molecule has 4 rings (SSSR count). The Balaban J connectivity index is 1.56. The topological polar surface area (TPSA) is 99.7 Å². The number of benzene rings is 2. The summed E-state index contributed by atoms with van der Waals surface area (Å²) in [5.74, 6) is 0.161. The number of aromatic amines is 1. The molecule has 0 fully saturated rings. The molecule has 1 aliphatic rings. The summed E-state index contributed by atoms with van der Waals surface area (Å²) < 4.78 is 0. The number of hydrogen-bond donors (Lipinski definition) is 2. The van der Waals surface area contributed by atoms with Gasteiger partial charge in [0.1, 0.15) is 5.60 Å². The van der Waals surface area contributed by atoms with E-state index in [1.807, 2.05) is 65.0 Å². The number of imidazole rings is 1. The van der Waals surface area contributed by atoms with Gasteiger partial charge in [-0.3, -0.25) is 14.9 Å². The van der Waals surface area contributed by atoms with Gasteiger partial charge in [0.2, 0.25) is 11.9 Å². The third-order valence-corrected chi connectivity index (χ3v) is 5.49. The van der Waals surface area contributed by atoms with Gasteiger partial charge in [0.25, 0.3) is 5.91 Å². The number of H-pyrrole nitrogens is 1. The lowest BCUT2D eigenvalue weighted by atomic mass is 9.86. The molecule has 8 heteroatoms. The molecule has 0 atom stereocenters. The number of fused-ring (bicyclic) bond motifs is 2. The molecule has 1 aliphatic heterocycles. The van der Waals surface area contributed by atoms with Crippen molar-refractivity contribution >= 4 is 40.7 Å². The van der Waals surface area contributed by atoms with Gasteiger partial charge in [0, 0.05) is 24.7 Å². The Kier molecular flexibility index (Phi) is 5.69. The predicted molar refractivity (Wildman–Crippen MR) is 130 cm³/mol. The van der Waals surface area contributed by atoms with Crippen molar-refractivity contribution in [1.82, 2.24) is 9.97 Å². The second-order valence-electron chi connectivity index (χ2n) is 9.65. The van der Waals surface area contributed by atoms with Crippen LogP contribution in [0.5, 0.6) is 0 Å². The number of nitrogens with one attached hydrogen (secondary N) is 2. The average molecular weight is 448 g/mol. The second kappa shape index (κ2) is 8.35. The normalized spacial score (nSPS) is 15.3. The van der Waals surface area contributed by atoms with Crippen LogP contribution in [0.2, 0.25) is 0 Å². The van der Waals surface area contributed by atoms with E-state index in [4.69, 9.17) is 4.84 Å². The van der Waals surface area contributed by atoms with E-state index in [0.29, 0.717) is 30.0 Å². The van der Waals surface area contributed by atoms with Crippen molar-refractivity contribution in [1.29, 1.82) is 0 Å². The van der Waals surface area contributed by atoms with Crippen molar-refractivity contribution in [2.45, 2.75) is 52.1 Å². The molecule has 0 aliphatic carbocycles. The number of carbonyl (C=O) groups is 2. The first-order valence-corrected chi connectivity index (χ1v) is 11.0. The smallest absolute Gasteiger partial charge is 0.257 e. The molecular formula is C25H29N5O3. The number of rotatable bonds is 6. The fourth-order valence-electron chi connectivity index (χ4n) is 3.82. The Morgan fingerprint density at radius 3 is 2.67 bits per heavy atom. The first-order chi connectivity index (χ1) is 15.6. The second-order valence-corrected chi connectivity index (χ2v) is 9.65. The van der Waals surface area contributed by atoms with Crippen molar-refractivity contribution < 1.29 is 14.4 Å². The fraction of sp³-hybridized carbons (Fsp3) is 0.360. The summed E-state index contributed by atoms with van der Waals surface area (Å²) in [6.45, 7) is 10.1. The summed E-state index contributed by atoms with van der Waals surface area (Å²) in [6.07, 6.45) is 2.26. The molecule has 8 nitrogen and oxygen atoms in total. The van der Waals surface area contributed by atoms with E-state index in [2.05, 4.69) is 20.4 Å². The minimum Gasteiger partial charge on any atom is -0.390 e. The van der Waals surface area contributed by atoms with Crippen LogP contribution in [0.15, 0.2) is 47.6 Å². The van der Waals surface area contributed by atoms with Crippen LogP contribution in [-0.4, -0.2) is 40.1 Å². The van der Waals surface area contributed by atoms with Gasteiger partial charge in [0.15, 0.2) is 0 Å². The molecule has 2 aromatic carbocycles. The van der Waals surface area contributed by atoms with Crippen LogP contribution in [0.25, 0.3) is 11.0 Å². The lowest BCUT2D eigenvalue weighted by Crippen LogP contribution is -2.36. The van der Waals surface area contributed by atoms with Crippen molar-refractivity contribution in [2.75, 3.05) is 16.8 Å². The van der Waals surface area contributed by atoms with Gasteiger partial charge >= 0.3 is 0 Å². The van der Waals surface area contributed by atoms with Gasteiger partial charge in [-0.25, -0.2) is 4.98 Å². The molecule has 172 valence electrons. The first kappa shape index (κ1) is 22.5. The predicted octanol–water partition coefficient (Wildman–Crippen LogP) is 4.63. The number of anilines is 2. The van der Waals surface area contributed by atoms with Crippen LogP contribution in [-0.2, 0) is 15.0 Å².